The van der Waals surface area contributed by atoms with Crippen LogP contribution in [0.15, 0.2) is 18.2 Å². The number of anilines is 2. The van der Waals surface area contributed by atoms with Crippen LogP contribution >= 0.6 is 0 Å². The first-order chi connectivity index (χ1) is 8.15. The lowest BCUT2D eigenvalue weighted by atomic mass is 10.2. The minimum Gasteiger partial charge on any atom is -0.399 e. The first-order valence-corrected chi connectivity index (χ1v) is 5.73. The SMILES string of the molecule is Nc1cc(F)cc(NCCNC(=O)C2CC2)c1. The maximum absolute atomic E-state index is 13.0. The van der Waals surface area contributed by atoms with Crippen molar-refractivity contribution in [3.8, 4) is 0 Å². The van der Waals surface area contributed by atoms with Crippen molar-refractivity contribution in [1.29, 1.82) is 0 Å². The van der Waals surface area contributed by atoms with Crippen molar-refractivity contribution in [3.05, 3.63) is 24.0 Å². The number of benzene rings is 1. The summed E-state index contributed by atoms with van der Waals surface area (Å²) < 4.78 is 13.0. The Hall–Kier alpha value is -1.78. The molecule has 92 valence electrons. The zero-order chi connectivity index (χ0) is 12.3. The highest BCUT2D eigenvalue weighted by Gasteiger charge is 2.28. The molecule has 2 rings (SSSR count). The fourth-order valence-corrected chi connectivity index (χ4v) is 1.60. The highest BCUT2D eigenvalue weighted by Crippen LogP contribution is 2.28. The number of nitrogen functional groups attached to an aromatic ring is 1. The van der Waals surface area contributed by atoms with E-state index in [1.807, 2.05) is 0 Å². The van der Waals surface area contributed by atoms with E-state index in [2.05, 4.69) is 10.6 Å². The number of hydrogen-bond donors (Lipinski definition) is 3. The van der Waals surface area contributed by atoms with E-state index >= 15 is 0 Å². The lowest BCUT2D eigenvalue weighted by Crippen LogP contribution is -2.29. The van der Waals surface area contributed by atoms with E-state index in [0.717, 1.165) is 12.8 Å². The molecule has 1 saturated carbocycles. The van der Waals surface area contributed by atoms with Gasteiger partial charge in [-0.05, 0) is 31.0 Å². The van der Waals surface area contributed by atoms with E-state index in [0.29, 0.717) is 24.5 Å². The van der Waals surface area contributed by atoms with E-state index in [1.165, 1.54) is 12.1 Å². The van der Waals surface area contributed by atoms with Gasteiger partial charge in [0, 0.05) is 30.4 Å². The predicted octanol–water partition coefficient (Wildman–Crippen LogP) is 1.35. The molecule has 0 aliphatic heterocycles. The third-order valence-corrected chi connectivity index (χ3v) is 2.62. The lowest BCUT2D eigenvalue weighted by molar-refractivity contribution is -0.122. The highest BCUT2D eigenvalue weighted by molar-refractivity contribution is 5.80. The molecule has 5 heteroatoms. The summed E-state index contributed by atoms with van der Waals surface area (Å²) in [6.45, 7) is 1.09. The Labute approximate surface area is 99.4 Å². The average molecular weight is 237 g/mol. The predicted molar refractivity (Wildman–Crippen MR) is 65.0 cm³/mol. The highest BCUT2D eigenvalue weighted by atomic mass is 19.1. The molecule has 4 N–H and O–H groups in total. The maximum atomic E-state index is 13.0. The summed E-state index contributed by atoms with van der Waals surface area (Å²) in [5.74, 6) is -0.0279. The van der Waals surface area contributed by atoms with Gasteiger partial charge in [-0.25, -0.2) is 4.39 Å². The van der Waals surface area contributed by atoms with Crippen molar-refractivity contribution in [1.82, 2.24) is 5.32 Å². The van der Waals surface area contributed by atoms with Crippen LogP contribution < -0.4 is 16.4 Å². The third-order valence-electron chi connectivity index (χ3n) is 2.62. The summed E-state index contributed by atoms with van der Waals surface area (Å²) in [5, 5.41) is 5.82. The van der Waals surface area contributed by atoms with Gasteiger partial charge in [0.25, 0.3) is 0 Å². The lowest BCUT2D eigenvalue weighted by Gasteiger charge is -2.08. The molecule has 0 bridgehead atoms. The molecule has 0 spiro atoms. The standard InChI is InChI=1S/C12H16FN3O/c13-9-5-10(14)7-11(6-9)15-3-4-16-12(17)8-1-2-8/h5-8,15H,1-4,14H2,(H,16,17). The van der Waals surface area contributed by atoms with Gasteiger partial charge < -0.3 is 16.4 Å². The second-order valence-electron chi connectivity index (χ2n) is 4.27. The number of hydrogen-bond acceptors (Lipinski definition) is 3. The fourth-order valence-electron chi connectivity index (χ4n) is 1.60. The molecule has 1 aliphatic rings. The molecule has 0 saturated heterocycles. The smallest absolute Gasteiger partial charge is 0.223 e. The molecule has 1 fully saturated rings. The number of halogens is 1. The second kappa shape index (κ2) is 5.03. The van der Waals surface area contributed by atoms with Crippen molar-refractivity contribution in [2.45, 2.75) is 12.8 Å². The monoisotopic (exact) mass is 237 g/mol. The van der Waals surface area contributed by atoms with Gasteiger partial charge in [-0.2, -0.15) is 0 Å². The van der Waals surface area contributed by atoms with Crippen LogP contribution in [0.25, 0.3) is 0 Å². The van der Waals surface area contributed by atoms with Crippen LogP contribution in [0.3, 0.4) is 0 Å². The van der Waals surface area contributed by atoms with Gasteiger partial charge in [0.05, 0.1) is 0 Å². The van der Waals surface area contributed by atoms with Crippen molar-refractivity contribution in [2.75, 3.05) is 24.1 Å². The number of nitrogens with one attached hydrogen (secondary N) is 2. The van der Waals surface area contributed by atoms with E-state index in [-0.39, 0.29) is 17.6 Å². The second-order valence-corrected chi connectivity index (χ2v) is 4.27. The van der Waals surface area contributed by atoms with Crippen LogP contribution in [0.1, 0.15) is 12.8 Å². The summed E-state index contributed by atoms with van der Waals surface area (Å²) in [6, 6.07) is 4.30. The first kappa shape index (κ1) is 11.7. The normalized spacial score (nSPS) is 14.4. The summed E-state index contributed by atoms with van der Waals surface area (Å²) in [7, 11) is 0. The molecule has 17 heavy (non-hydrogen) atoms. The van der Waals surface area contributed by atoms with Gasteiger partial charge in [-0.3, -0.25) is 4.79 Å². The van der Waals surface area contributed by atoms with Gasteiger partial charge in [-0.15, -0.1) is 0 Å². The quantitative estimate of drug-likeness (QED) is 0.535. The van der Waals surface area contributed by atoms with Crippen molar-refractivity contribution < 1.29 is 9.18 Å². The van der Waals surface area contributed by atoms with E-state index in [1.54, 1.807) is 6.07 Å². The van der Waals surface area contributed by atoms with Crippen molar-refractivity contribution >= 4 is 17.3 Å². The summed E-state index contributed by atoms with van der Waals surface area (Å²) >= 11 is 0. The van der Waals surface area contributed by atoms with Crippen LogP contribution in [0.5, 0.6) is 0 Å². The topological polar surface area (TPSA) is 67.2 Å². The Morgan fingerprint density at radius 2 is 2.12 bits per heavy atom. The molecule has 0 heterocycles. The van der Waals surface area contributed by atoms with E-state index in [4.69, 9.17) is 5.73 Å². The van der Waals surface area contributed by atoms with Crippen molar-refractivity contribution in [2.24, 2.45) is 5.92 Å². The summed E-state index contributed by atoms with van der Waals surface area (Å²) in [4.78, 5) is 11.3. The Morgan fingerprint density at radius 1 is 1.35 bits per heavy atom. The molecule has 1 aromatic rings. The van der Waals surface area contributed by atoms with Crippen LogP contribution in [0.2, 0.25) is 0 Å². The molecular weight excluding hydrogens is 221 g/mol. The molecule has 1 amide bonds. The number of carbonyl (C=O) groups is 1. The molecule has 1 aliphatic carbocycles. The van der Waals surface area contributed by atoms with Gasteiger partial charge in [-0.1, -0.05) is 0 Å². The minimum atomic E-state index is -0.366. The number of amides is 1. The summed E-state index contributed by atoms with van der Waals surface area (Å²) in [5.41, 5.74) is 6.52. The van der Waals surface area contributed by atoms with Crippen LogP contribution in [-0.2, 0) is 4.79 Å². The molecule has 0 unspecified atom stereocenters. The fraction of sp³-hybridized carbons (Fsp3) is 0.417. The zero-order valence-corrected chi connectivity index (χ0v) is 9.50. The molecule has 4 nitrogen and oxygen atoms in total. The molecule has 0 atom stereocenters. The Morgan fingerprint density at radius 3 is 2.76 bits per heavy atom. The van der Waals surface area contributed by atoms with Crippen LogP contribution in [0, 0.1) is 11.7 Å². The van der Waals surface area contributed by atoms with Gasteiger partial charge in [0.1, 0.15) is 5.82 Å². The first-order valence-electron chi connectivity index (χ1n) is 5.73. The van der Waals surface area contributed by atoms with Crippen molar-refractivity contribution in [3.63, 3.8) is 0 Å². The zero-order valence-electron chi connectivity index (χ0n) is 9.50. The number of rotatable bonds is 5. The van der Waals surface area contributed by atoms with Gasteiger partial charge in [0.2, 0.25) is 5.91 Å². The third kappa shape index (κ3) is 3.62. The molecule has 0 radical (unpaired) electrons. The van der Waals surface area contributed by atoms with Crippen LogP contribution in [0.4, 0.5) is 15.8 Å². The molecule has 1 aromatic carbocycles. The number of carbonyl (C=O) groups excluding carboxylic acids is 1. The Bertz CT molecular complexity index is 398. The maximum Gasteiger partial charge on any atom is 0.223 e. The molecular formula is C12H16FN3O. The van der Waals surface area contributed by atoms with E-state index < -0.39 is 0 Å². The van der Waals surface area contributed by atoms with Crippen LogP contribution in [-0.4, -0.2) is 19.0 Å². The largest absolute Gasteiger partial charge is 0.399 e. The molecule has 0 aromatic heterocycles. The Balaban J connectivity index is 1.71. The van der Waals surface area contributed by atoms with E-state index in [9.17, 15) is 9.18 Å². The number of nitrogens with two attached hydrogens (primary N) is 1. The van der Waals surface area contributed by atoms with Gasteiger partial charge >= 0.3 is 0 Å². The minimum absolute atomic E-state index is 0.116. The average Bonchev–Trinajstić information content (AvgIpc) is 3.06. The van der Waals surface area contributed by atoms with Gasteiger partial charge in [0.15, 0.2) is 0 Å². The Kier molecular flexibility index (Phi) is 3.46. The summed E-state index contributed by atoms with van der Waals surface area (Å²) in [6.07, 6.45) is 2.00.